The first-order chi connectivity index (χ1) is 8.59. The minimum absolute atomic E-state index is 0.0943. The second-order valence-electron chi connectivity index (χ2n) is 5.11. The van der Waals surface area contributed by atoms with Crippen molar-refractivity contribution in [2.75, 3.05) is 7.05 Å². The fraction of sp³-hybridized carbons (Fsp3) is 0.571. The lowest BCUT2D eigenvalue weighted by Crippen LogP contribution is -2.42. The van der Waals surface area contributed by atoms with Gasteiger partial charge < -0.3 is 4.90 Å². The lowest BCUT2D eigenvalue weighted by Gasteiger charge is -2.36. The van der Waals surface area contributed by atoms with E-state index in [-0.39, 0.29) is 5.91 Å². The second kappa shape index (κ2) is 5.83. The number of amides is 1. The molecule has 1 heterocycles. The Labute approximate surface area is 117 Å². The zero-order valence-electron chi connectivity index (χ0n) is 10.9. The van der Waals surface area contributed by atoms with Crippen LogP contribution in [0.15, 0.2) is 22.9 Å². The standard InChI is InChI=1S/C14H19BrN2O/c1-10-5-3-4-6-12(10)17(2)14(18)11-7-8-16-13(15)9-11/h7-10,12H,3-6H2,1-2H3. The smallest absolute Gasteiger partial charge is 0.254 e. The van der Waals surface area contributed by atoms with Gasteiger partial charge in [0.25, 0.3) is 5.91 Å². The van der Waals surface area contributed by atoms with Crippen LogP contribution >= 0.6 is 15.9 Å². The van der Waals surface area contributed by atoms with Crippen LogP contribution < -0.4 is 0 Å². The molecule has 0 aromatic carbocycles. The molecule has 3 nitrogen and oxygen atoms in total. The van der Waals surface area contributed by atoms with E-state index in [1.54, 1.807) is 18.3 Å². The summed E-state index contributed by atoms with van der Waals surface area (Å²) >= 11 is 3.31. The fourth-order valence-electron chi connectivity index (χ4n) is 2.76. The van der Waals surface area contributed by atoms with Crippen molar-refractivity contribution in [2.45, 2.75) is 38.6 Å². The lowest BCUT2D eigenvalue weighted by atomic mass is 9.85. The van der Waals surface area contributed by atoms with E-state index in [9.17, 15) is 4.79 Å². The molecule has 0 saturated heterocycles. The van der Waals surface area contributed by atoms with Crippen molar-refractivity contribution in [3.8, 4) is 0 Å². The van der Waals surface area contributed by atoms with Gasteiger partial charge in [-0.15, -0.1) is 0 Å². The van der Waals surface area contributed by atoms with E-state index in [1.807, 2.05) is 11.9 Å². The van der Waals surface area contributed by atoms with Crippen LogP contribution in [-0.4, -0.2) is 28.9 Å². The van der Waals surface area contributed by atoms with Crippen molar-refractivity contribution in [1.29, 1.82) is 0 Å². The van der Waals surface area contributed by atoms with E-state index in [4.69, 9.17) is 0 Å². The number of nitrogens with zero attached hydrogens (tertiary/aromatic N) is 2. The van der Waals surface area contributed by atoms with Crippen molar-refractivity contribution in [3.05, 3.63) is 28.5 Å². The molecule has 0 spiro atoms. The third kappa shape index (κ3) is 2.91. The van der Waals surface area contributed by atoms with Crippen LogP contribution in [0.4, 0.5) is 0 Å². The number of aromatic nitrogens is 1. The molecule has 1 saturated carbocycles. The minimum Gasteiger partial charge on any atom is -0.338 e. The lowest BCUT2D eigenvalue weighted by molar-refractivity contribution is 0.0629. The molecule has 4 heteroatoms. The van der Waals surface area contributed by atoms with Gasteiger partial charge in [-0.25, -0.2) is 4.98 Å². The summed E-state index contributed by atoms with van der Waals surface area (Å²) in [6.45, 7) is 2.25. The van der Waals surface area contributed by atoms with Gasteiger partial charge in [-0.3, -0.25) is 4.79 Å². The van der Waals surface area contributed by atoms with Crippen LogP contribution in [0.2, 0.25) is 0 Å². The van der Waals surface area contributed by atoms with Crippen LogP contribution in [0, 0.1) is 5.92 Å². The fourth-order valence-corrected chi connectivity index (χ4v) is 3.13. The Morgan fingerprint density at radius 1 is 1.44 bits per heavy atom. The highest BCUT2D eigenvalue weighted by Crippen LogP contribution is 2.28. The monoisotopic (exact) mass is 310 g/mol. The molecule has 18 heavy (non-hydrogen) atoms. The van der Waals surface area contributed by atoms with Gasteiger partial charge in [0.05, 0.1) is 0 Å². The summed E-state index contributed by atoms with van der Waals surface area (Å²) in [6.07, 6.45) is 6.53. The normalized spacial score (nSPS) is 23.7. The molecule has 2 unspecified atom stereocenters. The van der Waals surface area contributed by atoms with Gasteiger partial charge in [0, 0.05) is 24.8 Å². The van der Waals surface area contributed by atoms with Crippen LogP contribution in [-0.2, 0) is 0 Å². The molecule has 98 valence electrons. The highest BCUT2D eigenvalue weighted by atomic mass is 79.9. The molecule has 1 fully saturated rings. The molecule has 0 radical (unpaired) electrons. The maximum Gasteiger partial charge on any atom is 0.254 e. The molecule has 2 atom stereocenters. The number of pyridine rings is 1. The SMILES string of the molecule is CC1CCCCC1N(C)C(=O)c1ccnc(Br)c1. The van der Waals surface area contributed by atoms with E-state index in [2.05, 4.69) is 27.8 Å². The molecular formula is C14H19BrN2O. The van der Waals surface area contributed by atoms with Crippen molar-refractivity contribution < 1.29 is 4.79 Å². The zero-order valence-corrected chi connectivity index (χ0v) is 12.5. The zero-order chi connectivity index (χ0) is 13.1. The predicted molar refractivity (Wildman–Crippen MR) is 75.5 cm³/mol. The Balaban J connectivity index is 2.13. The van der Waals surface area contributed by atoms with Crippen molar-refractivity contribution in [1.82, 2.24) is 9.88 Å². The largest absolute Gasteiger partial charge is 0.338 e. The topological polar surface area (TPSA) is 33.2 Å². The maximum atomic E-state index is 12.4. The summed E-state index contributed by atoms with van der Waals surface area (Å²) < 4.78 is 0.707. The average molecular weight is 311 g/mol. The summed E-state index contributed by atoms with van der Waals surface area (Å²) in [7, 11) is 1.92. The highest BCUT2D eigenvalue weighted by molar-refractivity contribution is 9.10. The van der Waals surface area contributed by atoms with Gasteiger partial charge in [-0.05, 0) is 46.8 Å². The van der Waals surface area contributed by atoms with Crippen LogP contribution in [0.25, 0.3) is 0 Å². The Bertz CT molecular complexity index is 436. The third-order valence-electron chi connectivity index (χ3n) is 3.86. The third-order valence-corrected chi connectivity index (χ3v) is 4.29. The van der Waals surface area contributed by atoms with E-state index in [0.29, 0.717) is 22.1 Å². The number of carbonyl (C=O) groups is 1. The van der Waals surface area contributed by atoms with Gasteiger partial charge in [0.15, 0.2) is 0 Å². The van der Waals surface area contributed by atoms with E-state index in [1.165, 1.54) is 19.3 Å². The molecule has 1 aliphatic carbocycles. The van der Waals surface area contributed by atoms with E-state index < -0.39 is 0 Å². The molecule has 0 N–H and O–H groups in total. The Morgan fingerprint density at radius 3 is 2.83 bits per heavy atom. The molecule has 0 aliphatic heterocycles. The number of hydrogen-bond acceptors (Lipinski definition) is 2. The first-order valence-corrected chi connectivity index (χ1v) is 7.27. The quantitative estimate of drug-likeness (QED) is 0.783. The molecule has 1 amide bonds. The first-order valence-electron chi connectivity index (χ1n) is 6.48. The van der Waals surface area contributed by atoms with Crippen molar-refractivity contribution in [3.63, 3.8) is 0 Å². The summed E-state index contributed by atoms with van der Waals surface area (Å²) in [5.41, 5.74) is 0.706. The summed E-state index contributed by atoms with van der Waals surface area (Å²) in [4.78, 5) is 18.4. The summed E-state index contributed by atoms with van der Waals surface area (Å²) in [6, 6.07) is 3.93. The Hall–Kier alpha value is -0.900. The Morgan fingerprint density at radius 2 is 2.17 bits per heavy atom. The summed E-state index contributed by atoms with van der Waals surface area (Å²) in [5.74, 6) is 0.690. The van der Waals surface area contributed by atoms with Gasteiger partial charge in [-0.2, -0.15) is 0 Å². The van der Waals surface area contributed by atoms with Crippen molar-refractivity contribution >= 4 is 21.8 Å². The number of carbonyl (C=O) groups excluding carboxylic acids is 1. The molecular weight excluding hydrogens is 292 g/mol. The number of rotatable bonds is 2. The number of halogens is 1. The maximum absolute atomic E-state index is 12.4. The highest BCUT2D eigenvalue weighted by Gasteiger charge is 2.28. The minimum atomic E-state index is 0.0943. The average Bonchev–Trinajstić information content (AvgIpc) is 2.37. The number of hydrogen-bond donors (Lipinski definition) is 0. The van der Waals surface area contributed by atoms with Gasteiger partial charge in [-0.1, -0.05) is 19.8 Å². The molecule has 1 aromatic heterocycles. The molecule has 2 rings (SSSR count). The molecule has 0 bridgehead atoms. The first kappa shape index (κ1) is 13.5. The van der Waals surface area contributed by atoms with E-state index in [0.717, 1.165) is 6.42 Å². The summed E-state index contributed by atoms with van der Waals surface area (Å²) in [5, 5.41) is 0. The van der Waals surface area contributed by atoms with Crippen molar-refractivity contribution in [2.24, 2.45) is 5.92 Å². The van der Waals surface area contributed by atoms with Gasteiger partial charge in [0.2, 0.25) is 0 Å². The molecule has 1 aliphatic rings. The van der Waals surface area contributed by atoms with Gasteiger partial charge in [0.1, 0.15) is 4.60 Å². The second-order valence-corrected chi connectivity index (χ2v) is 5.92. The van der Waals surface area contributed by atoms with Crippen LogP contribution in [0.1, 0.15) is 43.0 Å². The Kier molecular flexibility index (Phi) is 4.38. The predicted octanol–water partition coefficient (Wildman–Crippen LogP) is 3.49. The van der Waals surface area contributed by atoms with Crippen LogP contribution in [0.5, 0.6) is 0 Å². The molecule has 1 aromatic rings. The van der Waals surface area contributed by atoms with Gasteiger partial charge >= 0.3 is 0 Å². The van der Waals surface area contributed by atoms with Crippen LogP contribution in [0.3, 0.4) is 0 Å². The van der Waals surface area contributed by atoms with E-state index >= 15 is 0 Å².